The Morgan fingerprint density at radius 1 is 1.37 bits per heavy atom. The van der Waals surface area contributed by atoms with Crippen molar-refractivity contribution in [3.63, 3.8) is 0 Å². The largest absolute Gasteiger partial charge is 0.496 e. The first-order valence-corrected chi connectivity index (χ1v) is 7.10. The van der Waals surface area contributed by atoms with Gasteiger partial charge in [-0.05, 0) is 19.1 Å². The van der Waals surface area contributed by atoms with Crippen LogP contribution in [-0.4, -0.2) is 27.6 Å². The second kappa shape index (κ2) is 6.43. The van der Waals surface area contributed by atoms with Crippen molar-refractivity contribution in [1.82, 2.24) is 14.8 Å². The molecule has 5 heteroatoms. The van der Waals surface area contributed by atoms with Crippen LogP contribution in [0.4, 0.5) is 0 Å². The van der Waals surface area contributed by atoms with Gasteiger partial charge in [-0.2, -0.15) is 0 Å². The average molecular weight is 275 g/mol. The highest BCUT2D eigenvalue weighted by Gasteiger charge is 2.15. The maximum absolute atomic E-state index is 5.39. The summed E-state index contributed by atoms with van der Waals surface area (Å²) in [5.41, 5.74) is 0.963. The zero-order valence-electron chi connectivity index (χ0n) is 11.2. The van der Waals surface area contributed by atoms with Gasteiger partial charge >= 0.3 is 0 Å². The molecule has 0 amide bonds. The normalized spacial score (nSPS) is 10.4. The molecular weight excluding hydrogens is 258 g/mol. The van der Waals surface area contributed by atoms with E-state index in [1.54, 1.807) is 18.9 Å². The highest BCUT2D eigenvalue weighted by Crippen LogP contribution is 2.30. The molecule has 19 heavy (non-hydrogen) atoms. The van der Waals surface area contributed by atoms with Crippen LogP contribution in [-0.2, 0) is 6.54 Å². The van der Waals surface area contributed by atoms with Crippen molar-refractivity contribution in [2.24, 2.45) is 0 Å². The molecule has 2 aromatic rings. The van der Waals surface area contributed by atoms with Crippen LogP contribution in [0, 0.1) is 0 Å². The van der Waals surface area contributed by atoms with E-state index in [1.165, 1.54) is 0 Å². The lowest BCUT2D eigenvalue weighted by Gasteiger charge is -2.09. The topological polar surface area (TPSA) is 39.9 Å². The van der Waals surface area contributed by atoms with Gasteiger partial charge in [0.2, 0.25) is 0 Å². The molecular formula is C14H17N3OS. The maximum Gasteiger partial charge on any atom is 0.191 e. The van der Waals surface area contributed by atoms with Crippen molar-refractivity contribution in [3.8, 4) is 17.1 Å². The van der Waals surface area contributed by atoms with Gasteiger partial charge < -0.3 is 9.30 Å². The van der Waals surface area contributed by atoms with Crippen molar-refractivity contribution in [2.75, 3.05) is 12.9 Å². The third-order valence-electron chi connectivity index (χ3n) is 2.71. The fraction of sp³-hybridized carbons (Fsp3) is 0.286. The highest BCUT2D eigenvalue weighted by atomic mass is 32.2. The van der Waals surface area contributed by atoms with E-state index in [0.29, 0.717) is 0 Å². The van der Waals surface area contributed by atoms with Crippen LogP contribution in [0.3, 0.4) is 0 Å². The number of rotatable bonds is 6. The molecule has 0 fully saturated rings. The molecule has 100 valence electrons. The van der Waals surface area contributed by atoms with Crippen LogP contribution < -0.4 is 4.74 Å². The van der Waals surface area contributed by atoms with Gasteiger partial charge in [0, 0.05) is 12.3 Å². The van der Waals surface area contributed by atoms with E-state index in [9.17, 15) is 0 Å². The van der Waals surface area contributed by atoms with Gasteiger partial charge in [-0.3, -0.25) is 0 Å². The Kier molecular flexibility index (Phi) is 4.63. The third-order valence-corrected chi connectivity index (χ3v) is 3.67. The fourth-order valence-corrected chi connectivity index (χ4v) is 2.58. The lowest BCUT2D eigenvalue weighted by molar-refractivity contribution is 0.416. The summed E-state index contributed by atoms with van der Waals surface area (Å²) in [7, 11) is 1.67. The second-order valence-corrected chi connectivity index (χ2v) is 4.84. The van der Waals surface area contributed by atoms with Gasteiger partial charge in [-0.1, -0.05) is 30.0 Å². The van der Waals surface area contributed by atoms with Gasteiger partial charge in [-0.25, -0.2) is 0 Å². The fourth-order valence-electron chi connectivity index (χ4n) is 1.84. The molecule has 1 aromatic heterocycles. The molecule has 0 aliphatic carbocycles. The molecule has 0 unspecified atom stereocenters. The van der Waals surface area contributed by atoms with Crippen molar-refractivity contribution in [2.45, 2.75) is 18.6 Å². The minimum absolute atomic E-state index is 0.810. The summed E-state index contributed by atoms with van der Waals surface area (Å²) in [5, 5.41) is 9.45. The van der Waals surface area contributed by atoms with Crippen molar-refractivity contribution >= 4 is 11.8 Å². The lowest BCUT2D eigenvalue weighted by atomic mass is 10.2. The first-order valence-electron chi connectivity index (χ1n) is 6.12. The zero-order chi connectivity index (χ0) is 13.7. The second-order valence-electron chi connectivity index (χ2n) is 3.85. The molecule has 0 spiro atoms. The lowest BCUT2D eigenvalue weighted by Crippen LogP contribution is -2.01. The number of ether oxygens (including phenoxy) is 1. The van der Waals surface area contributed by atoms with Crippen molar-refractivity contribution in [1.29, 1.82) is 0 Å². The Morgan fingerprint density at radius 2 is 2.16 bits per heavy atom. The first-order chi connectivity index (χ1) is 9.31. The Hall–Kier alpha value is -1.75. The van der Waals surface area contributed by atoms with Gasteiger partial charge in [-0.15, -0.1) is 16.8 Å². The average Bonchev–Trinajstić information content (AvgIpc) is 2.87. The number of methoxy groups -OCH3 is 1. The number of hydrogen-bond acceptors (Lipinski definition) is 4. The highest BCUT2D eigenvalue weighted by molar-refractivity contribution is 7.99. The standard InChI is InChI=1S/C14H17N3OS/c1-4-10-19-14-16-15-13(17(14)5-2)11-8-6-7-9-12(11)18-3/h4,6-9H,1,5,10H2,2-3H3. The molecule has 4 nitrogen and oxygen atoms in total. The zero-order valence-corrected chi connectivity index (χ0v) is 12.0. The Labute approximate surface area is 117 Å². The van der Waals surface area contributed by atoms with E-state index >= 15 is 0 Å². The summed E-state index contributed by atoms with van der Waals surface area (Å²) in [5.74, 6) is 2.47. The summed E-state index contributed by atoms with van der Waals surface area (Å²) < 4.78 is 7.47. The van der Waals surface area contributed by atoms with Crippen LogP contribution in [0.2, 0.25) is 0 Å². The number of hydrogen-bond donors (Lipinski definition) is 0. The third kappa shape index (κ3) is 2.81. The van der Waals surface area contributed by atoms with Crippen LogP contribution in [0.1, 0.15) is 6.92 Å². The molecule has 0 N–H and O–H groups in total. The van der Waals surface area contributed by atoms with Gasteiger partial charge in [0.1, 0.15) is 5.75 Å². The summed E-state index contributed by atoms with van der Waals surface area (Å²) in [4.78, 5) is 0. The van der Waals surface area contributed by atoms with Crippen LogP contribution >= 0.6 is 11.8 Å². The number of aromatic nitrogens is 3. The Balaban J connectivity index is 2.44. The summed E-state index contributed by atoms with van der Waals surface area (Å²) >= 11 is 1.63. The van der Waals surface area contributed by atoms with Crippen molar-refractivity contribution < 1.29 is 4.74 Å². The number of nitrogens with zero attached hydrogens (tertiary/aromatic N) is 3. The van der Waals surface area contributed by atoms with E-state index < -0.39 is 0 Å². The monoisotopic (exact) mass is 275 g/mol. The molecule has 1 heterocycles. The smallest absolute Gasteiger partial charge is 0.191 e. The quantitative estimate of drug-likeness (QED) is 0.599. The number of benzene rings is 1. The molecule has 0 aliphatic rings. The molecule has 0 radical (unpaired) electrons. The summed E-state index contributed by atoms with van der Waals surface area (Å²) in [6.45, 7) is 6.63. The molecule has 0 saturated carbocycles. The number of thioether (sulfide) groups is 1. The van der Waals surface area contributed by atoms with Gasteiger partial charge in [0.15, 0.2) is 11.0 Å². The minimum atomic E-state index is 0.810. The summed E-state index contributed by atoms with van der Waals surface area (Å²) in [6.07, 6.45) is 1.86. The predicted octanol–water partition coefficient (Wildman–Crippen LogP) is 3.25. The Bertz CT molecular complexity index is 566. The first kappa shape index (κ1) is 13.7. The van der Waals surface area contributed by atoms with E-state index in [1.807, 2.05) is 30.3 Å². The van der Waals surface area contributed by atoms with Crippen LogP contribution in [0.15, 0.2) is 42.1 Å². The van der Waals surface area contributed by atoms with Gasteiger partial charge in [0.05, 0.1) is 12.7 Å². The van der Waals surface area contributed by atoms with Crippen molar-refractivity contribution in [3.05, 3.63) is 36.9 Å². The van der Waals surface area contributed by atoms with Crippen LogP contribution in [0.5, 0.6) is 5.75 Å². The molecule has 0 saturated heterocycles. The molecule has 0 bridgehead atoms. The van der Waals surface area contributed by atoms with E-state index in [2.05, 4.69) is 28.3 Å². The molecule has 1 aromatic carbocycles. The molecule has 0 aliphatic heterocycles. The Morgan fingerprint density at radius 3 is 2.84 bits per heavy atom. The maximum atomic E-state index is 5.39. The van der Waals surface area contributed by atoms with E-state index in [0.717, 1.165) is 34.6 Å². The molecule has 0 atom stereocenters. The molecule has 2 rings (SSSR count). The van der Waals surface area contributed by atoms with Crippen LogP contribution in [0.25, 0.3) is 11.4 Å². The van der Waals surface area contributed by atoms with E-state index in [4.69, 9.17) is 4.74 Å². The SMILES string of the molecule is C=CCSc1nnc(-c2ccccc2OC)n1CC. The van der Waals surface area contributed by atoms with Gasteiger partial charge in [0.25, 0.3) is 0 Å². The number of para-hydroxylation sites is 1. The predicted molar refractivity (Wildman–Crippen MR) is 78.6 cm³/mol. The van der Waals surface area contributed by atoms with E-state index in [-0.39, 0.29) is 0 Å². The summed E-state index contributed by atoms with van der Waals surface area (Å²) in [6, 6.07) is 7.85. The minimum Gasteiger partial charge on any atom is -0.496 e.